The minimum Gasteiger partial charge on any atom is -0.335 e. The minimum atomic E-state index is 0.956. The molecule has 0 saturated carbocycles. The topological polar surface area (TPSA) is 15.6 Å². The molecule has 0 atom stereocenters. The van der Waals surface area contributed by atoms with Crippen molar-refractivity contribution in [2.75, 3.05) is 13.1 Å². The summed E-state index contributed by atoms with van der Waals surface area (Å²) in [6.07, 6.45) is 5.18. The van der Waals surface area contributed by atoms with Crippen molar-refractivity contribution in [3.05, 3.63) is 11.8 Å². The molecule has 56 valence electrons. The Balaban J connectivity index is 2.54. The van der Waals surface area contributed by atoms with Crippen molar-refractivity contribution in [2.24, 2.45) is 4.99 Å². The normalized spacial score (nSPS) is 18.6. The molecule has 0 aliphatic carbocycles. The van der Waals surface area contributed by atoms with Gasteiger partial charge in [-0.3, -0.25) is 4.99 Å². The van der Waals surface area contributed by atoms with E-state index in [0.29, 0.717) is 0 Å². The predicted octanol–water partition coefficient (Wildman–Crippen LogP) is 1.64. The smallest absolute Gasteiger partial charge is 0.0893 e. The zero-order valence-corrected chi connectivity index (χ0v) is 6.67. The highest BCUT2D eigenvalue weighted by molar-refractivity contribution is 5.60. The van der Waals surface area contributed by atoms with Gasteiger partial charge in [-0.2, -0.15) is 0 Å². The van der Waals surface area contributed by atoms with Crippen LogP contribution in [0.15, 0.2) is 16.8 Å². The van der Waals surface area contributed by atoms with E-state index in [1.165, 1.54) is 5.70 Å². The van der Waals surface area contributed by atoms with Crippen LogP contribution in [-0.2, 0) is 0 Å². The van der Waals surface area contributed by atoms with E-state index in [4.69, 9.17) is 0 Å². The highest BCUT2D eigenvalue weighted by Gasteiger charge is 2.07. The summed E-state index contributed by atoms with van der Waals surface area (Å²) in [6, 6.07) is 0. The molecule has 0 radical (unpaired) electrons. The fraction of sp³-hybridized carbons (Fsp3) is 0.625. The first-order valence-electron chi connectivity index (χ1n) is 3.80. The second kappa shape index (κ2) is 3.40. The standard InChI is InChI=1S/C8H14N2/c1-3-8(4-2)10-6-5-9-7-10/h3,7H,4-6H2,1-2H3. The molecule has 0 aromatic rings. The molecular formula is C8H14N2. The number of rotatable bonds is 2. The van der Waals surface area contributed by atoms with Crippen molar-refractivity contribution < 1.29 is 0 Å². The Morgan fingerprint density at radius 1 is 1.80 bits per heavy atom. The van der Waals surface area contributed by atoms with Gasteiger partial charge in [0.2, 0.25) is 0 Å². The Labute approximate surface area is 62.3 Å². The number of allylic oxidation sites excluding steroid dienone is 2. The van der Waals surface area contributed by atoms with Crippen molar-refractivity contribution in [3.63, 3.8) is 0 Å². The van der Waals surface area contributed by atoms with Crippen LogP contribution < -0.4 is 0 Å². The van der Waals surface area contributed by atoms with E-state index < -0.39 is 0 Å². The molecule has 0 N–H and O–H groups in total. The van der Waals surface area contributed by atoms with Gasteiger partial charge in [0.1, 0.15) is 0 Å². The van der Waals surface area contributed by atoms with Gasteiger partial charge in [0, 0.05) is 12.2 Å². The van der Waals surface area contributed by atoms with Gasteiger partial charge in [-0.25, -0.2) is 0 Å². The lowest BCUT2D eigenvalue weighted by Crippen LogP contribution is -2.18. The molecule has 0 amide bonds. The van der Waals surface area contributed by atoms with E-state index in [2.05, 4.69) is 29.8 Å². The second-order valence-electron chi connectivity index (χ2n) is 2.35. The minimum absolute atomic E-state index is 0.956. The third-order valence-electron chi connectivity index (χ3n) is 1.76. The predicted molar refractivity (Wildman–Crippen MR) is 44.1 cm³/mol. The Bertz CT molecular complexity index is 159. The quantitative estimate of drug-likeness (QED) is 0.566. The van der Waals surface area contributed by atoms with Crippen LogP contribution in [0.3, 0.4) is 0 Å². The van der Waals surface area contributed by atoms with Crippen LogP contribution in [-0.4, -0.2) is 24.3 Å². The maximum Gasteiger partial charge on any atom is 0.0893 e. The molecule has 1 aliphatic heterocycles. The summed E-state index contributed by atoms with van der Waals surface area (Å²) in [6.45, 7) is 6.26. The fourth-order valence-corrected chi connectivity index (χ4v) is 1.17. The zero-order valence-electron chi connectivity index (χ0n) is 6.67. The van der Waals surface area contributed by atoms with Crippen molar-refractivity contribution in [3.8, 4) is 0 Å². The van der Waals surface area contributed by atoms with Crippen LogP contribution in [0.5, 0.6) is 0 Å². The van der Waals surface area contributed by atoms with Gasteiger partial charge in [-0.05, 0) is 13.3 Å². The SMILES string of the molecule is CC=C(CC)N1C=NCC1. The molecule has 2 nitrogen and oxygen atoms in total. The van der Waals surface area contributed by atoms with Gasteiger partial charge in [0.25, 0.3) is 0 Å². The van der Waals surface area contributed by atoms with E-state index in [1.54, 1.807) is 0 Å². The molecule has 0 bridgehead atoms. The van der Waals surface area contributed by atoms with Gasteiger partial charge < -0.3 is 4.90 Å². The summed E-state index contributed by atoms with van der Waals surface area (Å²) in [5.74, 6) is 0. The van der Waals surface area contributed by atoms with Crippen molar-refractivity contribution in [1.82, 2.24) is 4.90 Å². The highest BCUT2D eigenvalue weighted by atomic mass is 15.2. The molecule has 1 rings (SSSR count). The highest BCUT2D eigenvalue weighted by Crippen LogP contribution is 2.08. The summed E-state index contributed by atoms with van der Waals surface area (Å²) in [5, 5.41) is 0. The molecule has 0 fully saturated rings. The van der Waals surface area contributed by atoms with E-state index in [-0.39, 0.29) is 0 Å². The first kappa shape index (κ1) is 7.32. The van der Waals surface area contributed by atoms with E-state index in [0.717, 1.165) is 19.5 Å². The molecule has 10 heavy (non-hydrogen) atoms. The fourth-order valence-electron chi connectivity index (χ4n) is 1.17. The summed E-state index contributed by atoms with van der Waals surface area (Å²) in [7, 11) is 0. The van der Waals surface area contributed by atoms with Crippen LogP contribution in [0.1, 0.15) is 20.3 Å². The number of aliphatic imine (C=N–C) groups is 1. The first-order chi connectivity index (χ1) is 4.88. The third-order valence-corrected chi connectivity index (χ3v) is 1.76. The monoisotopic (exact) mass is 138 g/mol. The van der Waals surface area contributed by atoms with Crippen LogP contribution >= 0.6 is 0 Å². The first-order valence-corrected chi connectivity index (χ1v) is 3.80. The van der Waals surface area contributed by atoms with Crippen LogP contribution in [0.25, 0.3) is 0 Å². The van der Waals surface area contributed by atoms with Crippen LogP contribution in [0.2, 0.25) is 0 Å². The zero-order chi connectivity index (χ0) is 7.40. The summed E-state index contributed by atoms with van der Waals surface area (Å²) in [4.78, 5) is 6.35. The molecule has 1 aliphatic rings. The molecule has 0 saturated heterocycles. The summed E-state index contributed by atoms with van der Waals surface area (Å²) < 4.78 is 0. The number of hydrogen-bond acceptors (Lipinski definition) is 2. The molecule has 0 aromatic carbocycles. The van der Waals surface area contributed by atoms with Gasteiger partial charge in [0.05, 0.1) is 12.9 Å². The maximum atomic E-state index is 4.14. The van der Waals surface area contributed by atoms with Crippen molar-refractivity contribution in [2.45, 2.75) is 20.3 Å². The van der Waals surface area contributed by atoms with Gasteiger partial charge in [-0.1, -0.05) is 13.0 Å². The summed E-state index contributed by atoms with van der Waals surface area (Å²) >= 11 is 0. The molecule has 0 aromatic heterocycles. The van der Waals surface area contributed by atoms with Crippen LogP contribution in [0, 0.1) is 0 Å². The Morgan fingerprint density at radius 2 is 2.60 bits per heavy atom. The molecule has 0 spiro atoms. The maximum absolute atomic E-state index is 4.14. The van der Waals surface area contributed by atoms with Gasteiger partial charge >= 0.3 is 0 Å². The van der Waals surface area contributed by atoms with Crippen LogP contribution in [0.4, 0.5) is 0 Å². The largest absolute Gasteiger partial charge is 0.335 e. The van der Waals surface area contributed by atoms with Gasteiger partial charge in [-0.15, -0.1) is 0 Å². The number of nitrogens with zero attached hydrogens (tertiary/aromatic N) is 2. The summed E-state index contributed by atoms with van der Waals surface area (Å²) in [5.41, 5.74) is 1.38. The van der Waals surface area contributed by atoms with Gasteiger partial charge in [0.15, 0.2) is 0 Å². The Morgan fingerprint density at radius 3 is 3.00 bits per heavy atom. The van der Waals surface area contributed by atoms with E-state index in [1.807, 2.05) is 6.34 Å². The molecule has 1 heterocycles. The number of hydrogen-bond donors (Lipinski definition) is 0. The molecular weight excluding hydrogens is 124 g/mol. The average Bonchev–Trinajstić information content (AvgIpc) is 2.43. The van der Waals surface area contributed by atoms with Crippen molar-refractivity contribution >= 4 is 6.34 Å². The second-order valence-corrected chi connectivity index (χ2v) is 2.35. The Kier molecular flexibility index (Phi) is 2.49. The lowest BCUT2D eigenvalue weighted by Gasteiger charge is -2.15. The molecule has 0 unspecified atom stereocenters. The average molecular weight is 138 g/mol. The van der Waals surface area contributed by atoms with Crippen molar-refractivity contribution in [1.29, 1.82) is 0 Å². The van der Waals surface area contributed by atoms with E-state index >= 15 is 0 Å². The lowest BCUT2D eigenvalue weighted by atomic mass is 10.3. The Hall–Kier alpha value is -0.790. The van der Waals surface area contributed by atoms with E-state index in [9.17, 15) is 0 Å². The lowest BCUT2D eigenvalue weighted by molar-refractivity contribution is 0.551. The molecule has 2 heteroatoms. The third kappa shape index (κ3) is 1.38.